The molecule has 2 nitrogen and oxygen atoms in total. The Morgan fingerprint density at radius 2 is 1.89 bits per heavy atom. The van der Waals surface area contributed by atoms with Gasteiger partial charge in [-0.15, -0.1) is 0 Å². The van der Waals surface area contributed by atoms with Crippen LogP contribution < -0.4 is 5.32 Å². The quantitative estimate of drug-likeness (QED) is 0.812. The zero-order chi connectivity index (χ0) is 13.1. The fraction of sp³-hybridized carbons (Fsp3) is 0.0769. The highest BCUT2D eigenvalue weighted by molar-refractivity contribution is 9.10. The zero-order valence-corrected chi connectivity index (χ0v) is 12.4. The summed E-state index contributed by atoms with van der Waals surface area (Å²) >= 11 is 15.2. The molecule has 0 spiro atoms. The fourth-order valence-corrected chi connectivity index (χ4v) is 2.12. The summed E-state index contributed by atoms with van der Waals surface area (Å²) in [4.78, 5) is 0. The van der Waals surface area contributed by atoms with Gasteiger partial charge in [0, 0.05) is 27.3 Å². The van der Waals surface area contributed by atoms with Gasteiger partial charge in [0.05, 0.1) is 5.02 Å². The Hall–Kier alpha value is -0.900. The molecule has 0 heterocycles. The summed E-state index contributed by atoms with van der Waals surface area (Å²) < 4.78 is 0.848. The van der Waals surface area contributed by atoms with E-state index < -0.39 is 0 Å². The first-order valence-electron chi connectivity index (χ1n) is 5.22. The third-order valence-corrected chi connectivity index (χ3v) is 3.91. The first-order valence-corrected chi connectivity index (χ1v) is 6.77. The largest absolute Gasteiger partial charge is 0.508 e. The maximum atomic E-state index is 9.68. The number of nitrogens with one attached hydrogen (secondary N) is 1. The van der Waals surface area contributed by atoms with Crippen molar-refractivity contribution in [3.05, 3.63) is 56.5 Å². The Kier molecular flexibility index (Phi) is 4.38. The summed E-state index contributed by atoms with van der Waals surface area (Å²) in [7, 11) is 0. The highest BCUT2D eigenvalue weighted by Crippen LogP contribution is 2.27. The van der Waals surface area contributed by atoms with Crippen molar-refractivity contribution in [2.75, 3.05) is 5.32 Å². The molecule has 0 aromatic heterocycles. The molecule has 0 unspecified atom stereocenters. The Morgan fingerprint density at radius 1 is 1.11 bits per heavy atom. The number of aromatic hydroxyl groups is 1. The summed E-state index contributed by atoms with van der Waals surface area (Å²) in [5, 5.41) is 14.1. The van der Waals surface area contributed by atoms with Gasteiger partial charge in [-0.1, -0.05) is 23.2 Å². The molecule has 2 aromatic carbocycles. The number of halogens is 3. The van der Waals surface area contributed by atoms with Gasteiger partial charge in [0.1, 0.15) is 5.75 Å². The second-order valence-corrected chi connectivity index (χ2v) is 5.45. The molecule has 5 heteroatoms. The van der Waals surface area contributed by atoms with Crippen LogP contribution in [0.5, 0.6) is 5.75 Å². The molecule has 0 aliphatic rings. The van der Waals surface area contributed by atoms with Crippen molar-refractivity contribution in [2.45, 2.75) is 6.54 Å². The lowest BCUT2D eigenvalue weighted by Crippen LogP contribution is -1.99. The van der Waals surface area contributed by atoms with Crippen LogP contribution in [0.4, 0.5) is 5.69 Å². The molecule has 0 amide bonds. The summed E-state index contributed by atoms with van der Waals surface area (Å²) in [6.45, 7) is 0.477. The molecule has 0 aliphatic carbocycles. The van der Waals surface area contributed by atoms with E-state index in [1.807, 2.05) is 18.2 Å². The van der Waals surface area contributed by atoms with Crippen LogP contribution in [-0.4, -0.2) is 5.11 Å². The molecule has 0 radical (unpaired) electrons. The minimum Gasteiger partial charge on any atom is -0.508 e. The van der Waals surface area contributed by atoms with Crippen LogP contribution in [0.1, 0.15) is 5.56 Å². The van der Waals surface area contributed by atoms with Crippen molar-refractivity contribution in [3.8, 4) is 5.75 Å². The van der Waals surface area contributed by atoms with Crippen molar-refractivity contribution in [3.63, 3.8) is 0 Å². The highest BCUT2D eigenvalue weighted by atomic mass is 79.9. The first-order chi connectivity index (χ1) is 8.56. The van der Waals surface area contributed by atoms with Crippen LogP contribution in [0.3, 0.4) is 0 Å². The average Bonchev–Trinajstić information content (AvgIpc) is 2.34. The lowest BCUT2D eigenvalue weighted by molar-refractivity contribution is 0.469. The third-order valence-electron chi connectivity index (χ3n) is 2.44. The fourth-order valence-electron chi connectivity index (χ4n) is 1.50. The summed E-state index contributed by atoms with van der Waals surface area (Å²) in [5.74, 6) is 0.218. The van der Waals surface area contributed by atoms with Gasteiger partial charge < -0.3 is 10.4 Å². The lowest BCUT2D eigenvalue weighted by atomic mass is 10.2. The minimum absolute atomic E-state index is 0.218. The molecular weight excluding hydrogens is 337 g/mol. The van der Waals surface area contributed by atoms with Crippen LogP contribution in [0.2, 0.25) is 10.0 Å². The van der Waals surface area contributed by atoms with E-state index in [4.69, 9.17) is 23.2 Å². The van der Waals surface area contributed by atoms with Crippen LogP contribution in [0.25, 0.3) is 0 Å². The average molecular weight is 347 g/mol. The number of anilines is 1. The third kappa shape index (κ3) is 3.31. The Bertz CT molecular complexity index is 575. The van der Waals surface area contributed by atoms with Gasteiger partial charge in [-0.25, -0.2) is 0 Å². The Balaban J connectivity index is 2.11. The Morgan fingerprint density at radius 3 is 2.61 bits per heavy atom. The van der Waals surface area contributed by atoms with E-state index in [1.165, 1.54) is 0 Å². The number of hydrogen-bond acceptors (Lipinski definition) is 2. The van der Waals surface area contributed by atoms with Crippen molar-refractivity contribution in [2.24, 2.45) is 0 Å². The van der Waals surface area contributed by atoms with Gasteiger partial charge in [-0.05, 0) is 52.3 Å². The van der Waals surface area contributed by atoms with E-state index >= 15 is 0 Å². The Labute approximate surface area is 124 Å². The normalized spacial score (nSPS) is 10.4. The number of rotatable bonds is 3. The standard InChI is InChI=1S/C13H10BrCl2NO/c14-11-3-2-10(6-12(11)16)17-7-8-5-9(15)1-4-13(8)18/h1-6,17-18H,7H2. The molecule has 0 bridgehead atoms. The molecular formula is C13H10BrCl2NO. The number of hydrogen-bond donors (Lipinski definition) is 2. The molecule has 94 valence electrons. The topological polar surface area (TPSA) is 32.3 Å². The van der Waals surface area contributed by atoms with E-state index in [0.717, 1.165) is 15.7 Å². The van der Waals surface area contributed by atoms with Gasteiger partial charge in [0.25, 0.3) is 0 Å². The molecule has 2 aromatic rings. The minimum atomic E-state index is 0.218. The van der Waals surface area contributed by atoms with E-state index in [0.29, 0.717) is 16.6 Å². The highest BCUT2D eigenvalue weighted by Gasteiger charge is 2.03. The maximum Gasteiger partial charge on any atom is 0.120 e. The zero-order valence-electron chi connectivity index (χ0n) is 9.25. The van der Waals surface area contributed by atoms with E-state index in [9.17, 15) is 5.11 Å². The molecule has 0 aliphatic heterocycles. The number of phenols is 1. The van der Waals surface area contributed by atoms with Crippen LogP contribution in [0, 0.1) is 0 Å². The first kappa shape index (κ1) is 13.5. The SMILES string of the molecule is Oc1ccc(Cl)cc1CNc1ccc(Br)c(Cl)c1. The molecule has 0 fully saturated rings. The summed E-state index contributed by atoms with van der Waals surface area (Å²) in [6, 6.07) is 10.5. The lowest BCUT2D eigenvalue weighted by Gasteiger charge is -2.09. The summed E-state index contributed by atoms with van der Waals surface area (Å²) in [6.07, 6.45) is 0. The van der Waals surface area contributed by atoms with Crippen molar-refractivity contribution in [1.82, 2.24) is 0 Å². The molecule has 18 heavy (non-hydrogen) atoms. The van der Waals surface area contributed by atoms with Gasteiger partial charge in [0.15, 0.2) is 0 Å². The van der Waals surface area contributed by atoms with Crippen molar-refractivity contribution >= 4 is 44.8 Å². The van der Waals surface area contributed by atoms with E-state index in [1.54, 1.807) is 18.2 Å². The van der Waals surface area contributed by atoms with E-state index in [2.05, 4.69) is 21.2 Å². The van der Waals surface area contributed by atoms with Crippen LogP contribution >= 0.6 is 39.1 Å². The second kappa shape index (κ2) is 5.83. The number of benzene rings is 2. The monoisotopic (exact) mass is 345 g/mol. The second-order valence-electron chi connectivity index (χ2n) is 3.76. The van der Waals surface area contributed by atoms with Crippen LogP contribution in [0.15, 0.2) is 40.9 Å². The predicted octanol–water partition coefficient (Wildman–Crippen LogP) is 5.07. The van der Waals surface area contributed by atoms with Crippen molar-refractivity contribution in [1.29, 1.82) is 0 Å². The van der Waals surface area contributed by atoms with Crippen LogP contribution in [-0.2, 0) is 6.54 Å². The predicted molar refractivity (Wildman–Crippen MR) is 79.6 cm³/mol. The van der Waals surface area contributed by atoms with Gasteiger partial charge >= 0.3 is 0 Å². The maximum absolute atomic E-state index is 9.68. The molecule has 2 N–H and O–H groups in total. The van der Waals surface area contributed by atoms with E-state index in [-0.39, 0.29) is 5.75 Å². The van der Waals surface area contributed by atoms with Gasteiger partial charge in [-0.2, -0.15) is 0 Å². The number of phenolic OH excluding ortho intramolecular Hbond substituents is 1. The van der Waals surface area contributed by atoms with Gasteiger partial charge in [-0.3, -0.25) is 0 Å². The molecule has 2 rings (SSSR count). The van der Waals surface area contributed by atoms with Crippen molar-refractivity contribution < 1.29 is 5.11 Å². The summed E-state index contributed by atoms with van der Waals surface area (Å²) in [5.41, 5.74) is 1.61. The van der Waals surface area contributed by atoms with Gasteiger partial charge in [0.2, 0.25) is 0 Å². The molecule has 0 atom stereocenters. The molecule has 0 saturated heterocycles. The smallest absolute Gasteiger partial charge is 0.120 e. The molecule has 0 saturated carbocycles.